The Morgan fingerprint density at radius 2 is 1.90 bits per heavy atom. The van der Waals surface area contributed by atoms with Gasteiger partial charge >= 0.3 is 0 Å². The fourth-order valence-corrected chi connectivity index (χ4v) is 4.61. The number of aryl methyl sites for hydroxylation is 1. The van der Waals surface area contributed by atoms with E-state index in [-0.39, 0.29) is 11.9 Å². The Bertz CT molecular complexity index is 484. The number of rotatable bonds is 3. The largest absolute Gasteiger partial charge is 0.327 e. The smallest absolute Gasteiger partial charge is 0.123 e. The lowest BCUT2D eigenvalue weighted by molar-refractivity contribution is 0.117. The Morgan fingerprint density at radius 3 is 2.67 bits per heavy atom. The van der Waals surface area contributed by atoms with E-state index in [1.54, 1.807) is 12.1 Å². The van der Waals surface area contributed by atoms with E-state index in [0.29, 0.717) is 5.92 Å². The maximum Gasteiger partial charge on any atom is 0.123 e. The Kier molecular flexibility index (Phi) is 4.63. The van der Waals surface area contributed by atoms with Crippen LogP contribution in [0.15, 0.2) is 18.2 Å². The number of halogens is 1. The summed E-state index contributed by atoms with van der Waals surface area (Å²) in [6.07, 6.45) is 10.6. The van der Waals surface area contributed by atoms with Crippen molar-refractivity contribution in [2.45, 2.75) is 64.3 Å². The summed E-state index contributed by atoms with van der Waals surface area (Å²) < 4.78 is 13.2. The average molecular weight is 289 g/mol. The summed E-state index contributed by atoms with van der Waals surface area (Å²) in [5, 5.41) is 0. The molecule has 0 radical (unpaired) electrons. The average Bonchev–Trinajstić information content (AvgIpc) is 2.49. The van der Waals surface area contributed by atoms with Crippen molar-refractivity contribution in [2.75, 3.05) is 0 Å². The molecule has 0 heterocycles. The first kappa shape index (κ1) is 15.0. The van der Waals surface area contributed by atoms with Gasteiger partial charge in [-0.2, -0.15) is 0 Å². The van der Waals surface area contributed by atoms with Gasteiger partial charge < -0.3 is 5.73 Å². The van der Waals surface area contributed by atoms with Crippen LogP contribution in [0, 0.1) is 30.5 Å². The van der Waals surface area contributed by atoms with Gasteiger partial charge in [0, 0.05) is 6.04 Å². The Balaban J connectivity index is 1.61. The molecule has 116 valence electrons. The van der Waals surface area contributed by atoms with Crippen LogP contribution in [0.3, 0.4) is 0 Å². The lowest BCUT2D eigenvalue weighted by Crippen LogP contribution is -2.39. The van der Waals surface area contributed by atoms with Crippen LogP contribution < -0.4 is 5.73 Å². The topological polar surface area (TPSA) is 26.0 Å². The molecule has 2 saturated carbocycles. The van der Waals surface area contributed by atoms with Crippen molar-refractivity contribution in [3.63, 3.8) is 0 Å². The van der Waals surface area contributed by atoms with E-state index in [0.717, 1.165) is 23.8 Å². The fraction of sp³-hybridized carbons (Fsp3) is 0.684. The summed E-state index contributed by atoms with van der Waals surface area (Å²) >= 11 is 0. The molecular weight excluding hydrogens is 261 g/mol. The summed E-state index contributed by atoms with van der Waals surface area (Å²) in [6.45, 7) is 1.99. The number of benzene rings is 1. The molecule has 0 amide bonds. The molecule has 2 aliphatic carbocycles. The molecule has 1 nitrogen and oxygen atoms in total. The van der Waals surface area contributed by atoms with E-state index >= 15 is 0 Å². The molecule has 0 saturated heterocycles. The second-order valence-corrected chi connectivity index (χ2v) is 7.32. The predicted molar refractivity (Wildman–Crippen MR) is 85.6 cm³/mol. The second-order valence-electron chi connectivity index (χ2n) is 7.32. The SMILES string of the molecule is Cc1cc(F)ccc1CC(N)C1CCC2CCCCC2C1. The molecule has 1 aromatic rings. The van der Waals surface area contributed by atoms with Crippen LogP contribution in [-0.4, -0.2) is 6.04 Å². The maximum absolute atomic E-state index is 13.2. The summed E-state index contributed by atoms with van der Waals surface area (Å²) in [7, 11) is 0. The Morgan fingerprint density at radius 1 is 1.14 bits per heavy atom. The highest BCUT2D eigenvalue weighted by molar-refractivity contribution is 5.27. The van der Waals surface area contributed by atoms with Gasteiger partial charge in [-0.1, -0.05) is 31.7 Å². The zero-order valence-electron chi connectivity index (χ0n) is 13.2. The van der Waals surface area contributed by atoms with Gasteiger partial charge in [-0.05, 0) is 73.6 Å². The quantitative estimate of drug-likeness (QED) is 0.864. The molecule has 4 atom stereocenters. The molecule has 0 bridgehead atoms. The van der Waals surface area contributed by atoms with E-state index in [9.17, 15) is 4.39 Å². The molecule has 21 heavy (non-hydrogen) atoms. The molecule has 2 heteroatoms. The Labute approximate surface area is 128 Å². The molecule has 3 rings (SSSR count). The number of fused-ring (bicyclic) bond motifs is 1. The van der Waals surface area contributed by atoms with Crippen molar-refractivity contribution in [1.29, 1.82) is 0 Å². The monoisotopic (exact) mass is 289 g/mol. The molecule has 2 N–H and O–H groups in total. The van der Waals surface area contributed by atoms with Crippen molar-refractivity contribution in [2.24, 2.45) is 23.5 Å². The molecule has 0 aliphatic heterocycles. The van der Waals surface area contributed by atoms with E-state index < -0.39 is 0 Å². The first-order valence-corrected chi connectivity index (χ1v) is 8.64. The summed E-state index contributed by atoms with van der Waals surface area (Å²) in [4.78, 5) is 0. The van der Waals surface area contributed by atoms with Crippen molar-refractivity contribution in [3.05, 3.63) is 35.1 Å². The van der Waals surface area contributed by atoms with Crippen LogP contribution >= 0.6 is 0 Å². The third kappa shape index (κ3) is 3.48. The number of nitrogens with two attached hydrogens (primary N) is 1. The lowest BCUT2D eigenvalue weighted by atomic mass is 9.66. The van der Waals surface area contributed by atoms with E-state index in [4.69, 9.17) is 5.73 Å². The molecule has 2 fully saturated rings. The third-order valence-electron chi connectivity index (χ3n) is 5.95. The highest BCUT2D eigenvalue weighted by atomic mass is 19.1. The lowest BCUT2D eigenvalue weighted by Gasteiger charge is -2.41. The Hall–Kier alpha value is -0.890. The van der Waals surface area contributed by atoms with Gasteiger partial charge in [0.25, 0.3) is 0 Å². The van der Waals surface area contributed by atoms with Gasteiger partial charge in [0.15, 0.2) is 0 Å². The van der Waals surface area contributed by atoms with Crippen LogP contribution in [0.4, 0.5) is 4.39 Å². The predicted octanol–water partition coefficient (Wildman–Crippen LogP) is 4.61. The highest BCUT2D eigenvalue weighted by Gasteiger charge is 2.34. The third-order valence-corrected chi connectivity index (χ3v) is 5.95. The molecule has 1 aromatic carbocycles. The normalized spacial score (nSPS) is 30.7. The van der Waals surface area contributed by atoms with Crippen molar-refractivity contribution >= 4 is 0 Å². The van der Waals surface area contributed by atoms with E-state index in [1.165, 1.54) is 50.5 Å². The van der Waals surface area contributed by atoms with Crippen LogP contribution in [0.1, 0.15) is 56.1 Å². The second kappa shape index (κ2) is 6.48. The minimum Gasteiger partial charge on any atom is -0.327 e. The van der Waals surface area contributed by atoms with Crippen LogP contribution in [0.5, 0.6) is 0 Å². The minimum atomic E-state index is -0.146. The number of hydrogen-bond acceptors (Lipinski definition) is 1. The standard InChI is InChI=1S/C19H28FN/c1-13-10-18(20)9-8-15(13)12-19(21)17-7-6-14-4-2-3-5-16(14)11-17/h8-10,14,16-17,19H,2-7,11-12,21H2,1H3. The van der Waals surface area contributed by atoms with E-state index in [2.05, 4.69) is 0 Å². The van der Waals surface area contributed by atoms with Crippen LogP contribution in [0.2, 0.25) is 0 Å². The molecule has 2 aliphatic rings. The van der Waals surface area contributed by atoms with Gasteiger partial charge in [0.1, 0.15) is 5.82 Å². The molecule has 4 unspecified atom stereocenters. The minimum absolute atomic E-state index is 0.146. The number of hydrogen-bond donors (Lipinski definition) is 1. The van der Waals surface area contributed by atoms with Gasteiger partial charge in [0.05, 0.1) is 0 Å². The zero-order chi connectivity index (χ0) is 14.8. The summed E-state index contributed by atoms with van der Waals surface area (Å²) in [5.74, 6) is 2.42. The van der Waals surface area contributed by atoms with Gasteiger partial charge in [-0.25, -0.2) is 4.39 Å². The molecular formula is C19H28FN. The zero-order valence-corrected chi connectivity index (χ0v) is 13.2. The first-order valence-electron chi connectivity index (χ1n) is 8.64. The van der Waals surface area contributed by atoms with Gasteiger partial charge in [-0.3, -0.25) is 0 Å². The van der Waals surface area contributed by atoms with Crippen molar-refractivity contribution in [1.82, 2.24) is 0 Å². The van der Waals surface area contributed by atoms with Gasteiger partial charge in [0.2, 0.25) is 0 Å². The highest BCUT2D eigenvalue weighted by Crippen LogP contribution is 2.43. The first-order chi connectivity index (χ1) is 10.1. The van der Waals surface area contributed by atoms with Crippen molar-refractivity contribution < 1.29 is 4.39 Å². The van der Waals surface area contributed by atoms with Gasteiger partial charge in [-0.15, -0.1) is 0 Å². The molecule has 0 aromatic heterocycles. The van der Waals surface area contributed by atoms with E-state index in [1.807, 2.05) is 13.0 Å². The fourth-order valence-electron chi connectivity index (χ4n) is 4.61. The maximum atomic E-state index is 13.2. The summed E-state index contributed by atoms with van der Waals surface area (Å²) in [6, 6.07) is 5.33. The van der Waals surface area contributed by atoms with Crippen molar-refractivity contribution in [3.8, 4) is 0 Å². The van der Waals surface area contributed by atoms with Crippen LogP contribution in [-0.2, 0) is 6.42 Å². The summed E-state index contributed by atoms with van der Waals surface area (Å²) in [5.41, 5.74) is 8.77. The molecule has 0 spiro atoms. The van der Waals surface area contributed by atoms with Crippen LogP contribution in [0.25, 0.3) is 0 Å².